The molecule has 1 aliphatic carbocycles. The second kappa shape index (κ2) is 5.75. The zero-order valence-electron chi connectivity index (χ0n) is 12.2. The predicted molar refractivity (Wildman–Crippen MR) is 79.8 cm³/mol. The van der Waals surface area contributed by atoms with Crippen molar-refractivity contribution in [1.29, 1.82) is 0 Å². The van der Waals surface area contributed by atoms with Gasteiger partial charge in [-0.2, -0.15) is 0 Å². The molecular weight excluding hydrogens is 288 g/mol. The van der Waals surface area contributed by atoms with E-state index in [9.17, 15) is 14.7 Å². The van der Waals surface area contributed by atoms with Crippen LogP contribution in [-0.2, 0) is 4.79 Å². The zero-order valence-corrected chi connectivity index (χ0v) is 13.0. The summed E-state index contributed by atoms with van der Waals surface area (Å²) in [5, 5.41) is 10.3. The van der Waals surface area contributed by atoms with Gasteiger partial charge in [-0.1, -0.05) is 12.8 Å². The highest BCUT2D eigenvalue weighted by molar-refractivity contribution is 7.13. The molecule has 2 heterocycles. The lowest BCUT2D eigenvalue weighted by Crippen LogP contribution is -2.40. The Balaban J connectivity index is 1.82. The van der Waals surface area contributed by atoms with Crippen molar-refractivity contribution >= 4 is 23.2 Å². The lowest BCUT2D eigenvalue weighted by atomic mass is 10.1. The van der Waals surface area contributed by atoms with Crippen molar-refractivity contribution in [3.63, 3.8) is 0 Å². The zero-order chi connectivity index (χ0) is 15.0. The van der Waals surface area contributed by atoms with Crippen molar-refractivity contribution in [3.05, 3.63) is 15.6 Å². The lowest BCUT2D eigenvalue weighted by Gasteiger charge is -2.20. The maximum atomic E-state index is 12.6. The molecule has 2 aliphatic rings. The number of likely N-dealkylation sites (tertiary alicyclic amines) is 1. The molecular formula is C15H20N2O3S. The van der Waals surface area contributed by atoms with Crippen LogP contribution in [0.1, 0.15) is 64.8 Å². The first-order chi connectivity index (χ1) is 10.1. The van der Waals surface area contributed by atoms with Gasteiger partial charge in [0.2, 0.25) is 0 Å². The van der Waals surface area contributed by atoms with Crippen molar-refractivity contribution in [2.24, 2.45) is 0 Å². The number of nitrogens with zero attached hydrogens (tertiary/aromatic N) is 2. The molecule has 1 aromatic heterocycles. The highest BCUT2D eigenvalue weighted by atomic mass is 32.1. The van der Waals surface area contributed by atoms with Crippen molar-refractivity contribution < 1.29 is 14.7 Å². The van der Waals surface area contributed by atoms with Crippen LogP contribution in [0.25, 0.3) is 0 Å². The second-order valence-corrected chi connectivity index (χ2v) is 6.97. The fourth-order valence-corrected chi connectivity index (χ4v) is 4.55. The van der Waals surface area contributed by atoms with Gasteiger partial charge in [-0.3, -0.25) is 4.79 Å². The quantitative estimate of drug-likeness (QED) is 0.932. The number of carboxylic acids is 1. The number of rotatable bonds is 3. The molecule has 0 radical (unpaired) electrons. The van der Waals surface area contributed by atoms with E-state index in [1.165, 1.54) is 29.1 Å². The molecule has 1 atom stereocenters. The van der Waals surface area contributed by atoms with Gasteiger partial charge in [-0.25, -0.2) is 9.78 Å². The summed E-state index contributed by atoms with van der Waals surface area (Å²) in [6.07, 6.45) is 6.09. The van der Waals surface area contributed by atoms with Crippen LogP contribution in [0.3, 0.4) is 0 Å². The number of carbonyl (C=O) groups excluding carboxylic acids is 1. The van der Waals surface area contributed by atoms with E-state index in [2.05, 4.69) is 4.98 Å². The Morgan fingerprint density at radius 2 is 1.95 bits per heavy atom. The number of aromatic nitrogens is 1. The molecule has 2 fully saturated rings. The second-order valence-electron chi connectivity index (χ2n) is 5.94. The van der Waals surface area contributed by atoms with Gasteiger partial charge in [0, 0.05) is 12.5 Å². The number of carbonyl (C=O) groups is 2. The van der Waals surface area contributed by atoms with E-state index >= 15 is 0 Å². The van der Waals surface area contributed by atoms with E-state index in [1.54, 1.807) is 0 Å². The SMILES string of the molecule is Cc1nc(C2CCCC2)sc1C(=O)N1CCC[C@H]1C(=O)O. The van der Waals surface area contributed by atoms with Crippen molar-refractivity contribution in [2.45, 2.75) is 57.4 Å². The van der Waals surface area contributed by atoms with Crippen LogP contribution in [0, 0.1) is 6.92 Å². The predicted octanol–water partition coefficient (Wildman–Crippen LogP) is 2.80. The molecule has 1 amide bonds. The molecule has 1 aromatic rings. The van der Waals surface area contributed by atoms with Gasteiger partial charge in [0.1, 0.15) is 10.9 Å². The van der Waals surface area contributed by atoms with Crippen LogP contribution in [0.5, 0.6) is 0 Å². The van der Waals surface area contributed by atoms with Crippen molar-refractivity contribution in [3.8, 4) is 0 Å². The van der Waals surface area contributed by atoms with Gasteiger partial charge in [0.25, 0.3) is 5.91 Å². The summed E-state index contributed by atoms with van der Waals surface area (Å²) < 4.78 is 0. The summed E-state index contributed by atoms with van der Waals surface area (Å²) in [5.41, 5.74) is 0.753. The maximum absolute atomic E-state index is 12.6. The van der Waals surface area contributed by atoms with Crippen LogP contribution in [-0.4, -0.2) is 39.5 Å². The summed E-state index contributed by atoms with van der Waals surface area (Å²) in [5.74, 6) is -0.567. The molecule has 21 heavy (non-hydrogen) atoms. The largest absolute Gasteiger partial charge is 0.480 e. The molecule has 6 heteroatoms. The van der Waals surface area contributed by atoms with E-state index in [-0.39, 0.29) is 5.91 Å². The van der Waals surface area contributed by atoms with Crippen LogP contribution in [0.2, 0.25) is 0 Å². The number of thiazole rings is 1. The van der Waals surface area contributed by atoms with Gasteiger partial charge in [0.05, 0.1) is 10.7 Å². The van der Waals surface area contributed by atoms with Gasteiger partial charge in [0.15, 0.2) is 0 Å². The minimum absolute atomic E-state index is 0.154. The van der Waals surface area contributed by atoms with Gasteiger partial charge < -0.3 is 10.0 Å². The summed E-state index contributed by atoms with van der Waals surface area (Å²) in [7, 11) is 0. The Hall–Kier alpha value is -1.43. The van der Waals surface area contributed by atoms with E-state index in [0.29, 0.717) is 23.8 Å². The average Bonchev–Trinajstić information content (AvgIpc) is 3.18. The average molecular weight is 308 g/mol. The van der Waals surface area contributed by atoms with Gasteiger partial charge >= 0.3 is 5.97 Å². The Labute approximate surface area is 128 Å². The van der Waals surface area contributed by atoms with Crippen LogP contribution in [0.15, 0.2) is 0 Å². The molecule has 1 aliphatic heterocycles. The number of amides is 1. The van der Waals surface area contributed by atoms with Crippen molar-refractivity contribution in [1.82, 2.24) is 9.88 Å². The Morgan fingerprint density at radius 3 is 2.62 bits per heavy atom. The third kappa shape index (κ3) is 2.69. The fourth-order valence-electron chi connectivity index (χ4n) is 3.36. The third-order valence-corrected chi connectivity index (χ3v) is 5.82. The number of aliphatic carboxylic acids is 1. The standard InChI is InChI=1S/C15H20N2O3S/c1-9-12(21-13(16-9)10-5-2-3-6-10)14(18)17-8-4-7-11(17)15(19)20/h10-11H,2-8H2,1H3,(H,19,20)/t11-/m0/s1. The highest BCUT2D eigenvalue weighted by Crippen LogP contribution is 2.37. The monoisotopic (exact) mass is 308 g/mol. The first kappa shape index (κ1) is 14.5. The minimum atomic E-state index is -0.904. The molecule has 114 valence electrons. The summed E-state index contributed by atoms with van der Waals surface area (Å²) in [4.78, 5) is 30.6. The molecule has 0 aromatic carbocycles. The molecule has 0 bridgehead atoms. The summed E-state index contributed by atoms with van der Waals surface area (Å²) >= 11 is 1.47. The smallest absolute Gasteiger partial charge is 0.326 e. The molecule has 3 rings (SSSR count). The van der Waals surface area contributed by atoms with Crippen LogP contribution in [0.4, 0.5) is 0 Å². The summed E-state index contributed by atoms with van der Waals surface area (Å²) in [6.45, 7) is 2.39. The molecule has 1 saturated heterocycles. The highest BCUT2D eigenvalue weighted by Gasteiger charge is 2.36. The lowest BCUT2D eigenvalue weighted by molar-refractivity contribution is -0.141. The Bertz CT molecular complexity index is 563. The van der Waals surface area contributed by atoms with Crippen molar-refractivity contribution in [2.75, 3.05) is 6.54 Å². The van der Waals surface area contributed by atoms with Gasteiger partial charge in [-0.05, 0) is 32.6 Å². The van der Waals surface area contributed by atoms with Crippen LogP contribution >= 0.6 is 11.3 Å². The molecule has 0 spiro atoms. The molecule has 0 unspecified atom stereocenters. The fraction of sp³-hybridized carbons (Fsp3) is 0.667. The van der Waals surface area contributed by atoms with Gasteiger partial charge in [-0.15, -0.1) is 11.3 Å². The molecule has 5 nitrogen and oxygen atoms in total. The first-order valence-electron chi connectivity index (χ1n) is 7.59. The number of hydrogen-bond acceptors (Lipinski definition) is 4. The normalized spacial score (nSPS) is 22.9. The number of aryl methyl sites for hydroxylation is 1. The minimum Gasteiger partial charge on any atom is -0.480 e. The summed E-state index contributed by atoms with van der Waals surface area (Å²) in [6, 6.07) is -0.672. The first-order valence-corrected chi connectivity index (χ1v) is 8.40. The topological polar surface area (TPSA) is 70.5 Å². The van der Waals surface area contributed by atoms with E-state index in [1.807, 2.05) is 6.92 Å². The molecule has 1 N–H and O–H groups in total. The maximum Gasteiger partial charge on any atom is 0.326 e. The molecule has 1 saturated carbocycles. The Morgan fingerprint density at radius 1 is 1.24 bits per heavy atom. The third-order valence-electron chi connectivity index (χ3n) is 4.51. The van der Waals surface area contributed by atoms with E-state index in [0.717, 1.165) is 30.0 Å². The van der Waals surface area contributed by atoms with Crippen LogP contribution < -0.4 is 0 Å². The van der Waals surface area contributed by atoms with E-state index < -0.39 is 12.0 Å². The number of hydrogen-bond donors (Lipinski definition) is 1. The Kier molecular flexibility index (Phi) is 3.97. The number of carboxylic acid groups (broad SMARTS) is 1. The van der Waals surface area contributed by atoms with E-state index in [4.69, 9.17) is 0 Å².